The van der Waals surface area contributed by atoms with E-state index in [0.717, 1.165) is 60.2 Å². The normalized spacial score (nSPS) is 16.4. The van der Waals surface area contributed by atoms with Gasteiger partial charge in [-0.25, -0.2) is 19.0 Å². The fourth-order valence-corrected chi connectivity index (χ4v) is 3.61. The summed E-state index contributed by atoms with van der Waals surface area (Å²) in [7, 11) is 0. The maximum atomic E-state index is 13.5. The third kappa shape index (κ3) is 4.71. The van der Waals surface area contributed by atoms with Crippen molar-refractivity contribution in [1.82, 2.24) is 25.4 Å². The van der Waals surface area contributed by atoms with E-state index in [2.05, 4.69) is 25.7 Å². The molecular weight excluding hydrogens is 486 g/mol. The van der Waals surface area contributed by atoms with Gasteiger partial charge >= 0.3 is 0 Å². The molecule has 29 heavy (non-hydrogen) atoms. The summed E-state index contributed by atoms with van der Waals surface area (Å²) < 4.78 is 21.3. The monoisotopic (exact) mass is 512 g/mol. The highest BCUT2D eigenvalue weighted by atomic mass is 127. The number of halogens is 2. The van der Waals surface area contributed by atoms with E-state index in [0.29, 0.717) is 12.1 Å². The molecule has 7 nitrogen and oxygen atoms in total. The molecule has 0 aliphatic carbocycles. The van der Waals surface area contributed by atoms with Gasteiger partial charge in [-0.3, -0.25) is 0 Å². The smallest absolute Gasteiger partial charge is 0.191 e. The lowest BCUT2D eigenvalue weighted by atomic mass is 10.1. The third-order valence-electron chi connectivity index (χ3n) is 5.03. The first kappa shape index (κ1) is 21.5. The van der Waals surface area contributed by atoms with E-state index < -0.39 is 0 Å². The quantitative estimate of drug-likeness (QED) is 0.318. The van der Waals surface area contributed by atoms with Gasteiger partial charge in [0, 0.05) is 30.0 Å². The zero-order chi connectivity index (χ0) is 19.7. The summed E-state index contributed by atoms with van der Waals surface area (Å²) in [6, 6.07) is 4.81. The van der Waals surface area contributed by atoms with Crippen LogP contribution in [-0.4, -0.2) is 33.3 Å². The summed E-state index contributed by atoms with van der Waals surface area (Å²) >= 11 is 0. The van der Waals surface area contributed by atoms with Crippen molar-refractivity contribution < 1.29 is 8.81 Å². The van der Waals surface area contributed by atoms with Crippen molar-refractivity contribution in [2.75, 3.05) is 6.54 Å². The number of hydrogen-bond acceptors (Lipinski definition) is 4. The molecule has 0 saturated carbocycles. The molecule has 3 aromatic rings. The molecule has 0 bridgehead atoms. The maximum Gasteiger partial charge on any atom is 0.191 e. The van der Waals surface area contributed by atoms with E-state index in [-0.39, 0.29) is 35.8 Å². The zero-order valence-electron chi connectivity index (χ0n) is 16.8. The van der Waals surface area contributed by atoms with Gasteiger partial charge in [-0.05, 0) is 45.4 Å². The summed E-state index contributed by atoms with van der Waals surface area (Å²) in [5.74, 6) is 3.08. The first-order valence-electron chi connectivity index (χ1n) is 9.66. The van der Waals surface area contributed by atoms with E-state index in [4.69, 9.17) is 4.42 Å². The minimum absolute atomic E-state index is 0. The Hall–Kier alpha value is -2.17. The second kappa shape index (κ2) is 9.10. The summed E-state index contributed by atoms with van der Waals surface area (Å²) in [5.41, 5.74) is 1.61. The Balaban J connectivity index is 0.00000240. The molecule has 0 amide bonds. The number of rotatable bonds is 4. The number of nitrogens with one attached hydrogen (secondary N) is 2. The molecular formula is C20H26FIN6O. The molecule has 1 unspecified atom stereocenters. The van der Waals surface area contributed by atoms with Crippen LogP contribution in [0.4, 0.5) is 4.39 Å². The van der Waals surface area contributed by atoms with Crippen molar-refractivity contribution in [3.8, 4) is 0 Å². The number of guanidine groups is 1. The highest BCUT2D eigenvalue weighted by Gasteiger charge is 2.21. The summed E-state index contributed by atoms with van der Waals surface area (Å²) in [4.78, 5) is 9.13. The minimum atomic E-state index is -0.263. The van der Waals surface area contributed by atoms with Gasteiger partial charge in [0.2, 0.25) is 0 Å². The van der Waals surface area contributed by atoms with Crippen LogP contribution in [0.5, 0.6) is 0 Å². The van der Waals surface area contributed by atoms with Gasteiger partial charge in [-0.1, -0.05) is 0 Å². The highest BCUT2D eigenvalue weighted by Crippen LogP contribution is 2.26. The van der Waals surface area contributed by atoms with Crippen LogP contribution in [0, 0.1) is 19.7 Å². The summed E-state index contributed by atoms with van der Waals surface area (Å²) in [5, 5.41) is 12.0. The van der Waals surface area contributed by atoms with E-state index in [9.17, 15) is 4.39 Å². The Morgan fingerprint density at radius 1 is 1.38 bits per heavy atom. The number of aliphatic imine (C=N–C) groups is 1. The van der Waals surface area contributed by atoms with Crippen molar-refractivity contribution in [3.05, 3.63) is 47.0 Å². The minimum Gasteiger partial charge on any atom is -0.459 e. The van der Waals surface area contributed by atoms with Crippen molar-refractivity contribution in [3.63, 3.8) is 0 Å². The number of fused-ring (bicyclic) bond motifs is 2. The predicted octanol–water partition coefficient (Wildman–Crippen LogP) is 3.47. The number of aryl methyl sites for hydroxylation is 3. The Labute approximate surface area is 186 Å². The number of furan rings is 1. The molecule has 156 valence electrons. The molecule has 0 spiro atoms. The SMILES string of the molecule is CCNC(=NCc1oc2ccc(F)cc2c1C)NC1CCc2nc(C)nn2C1.I. The van der Waals surface area contributed by atoms with Gasteiger partial charge in [0.05, 0.1) is 6.54 Å². The van der Waals surface area contributed by atoms with Gasteiger partial charge in [-0.2, -0.15) is 5.10 Å². The van der Waals surface area contributed by atoms with E-state index in [1.165, 1.54) is 12.1 Å². The van der Waals surface area contributed by atoms with Crippen LogP contribution in [0.25, 0.3) is 11.0 Å². The van der Waals surface area contributed by atoms with Gasteiger partial charge in [0.25, 0.3) is 0 Å². The van der Waals surface area contributed by atoms with Gasteiger partial charge in [0.1, 0.15) is 35.4 Å². The van der Waals surface area contributed by atoms with Crippen LogP contribution in [0.3, 0.4) is 0 Å². The first-order valence-corrected chi connectivity index (χ1v) is 9.66. The molecule has 1 aliphatic heterocycles. The second-order valence-electron chi connectivity index (χ2n) is 7.12. The predicted molar refractivity (Wildman–Crippen MR) is 121 cm³/mol. The molecule has 2 aromatic heterocycles. The molecule has 3 heterocycles. The van der Waals surface area contributed by atoms with Crippen LogP contribution in [0.15, 0.2) is 27.6 Å². The fraction of sp³-hybridized carbons (Fsp3) is 0.450. The van der Waals surface area contributed by atoms with Crippen LogP contribution < -0.4 is 10.6 Å². The summed E-state index contributed by atoms with van der Waals surface area (Å²) in [6.07, 6.45) is 1.87. The van der Waals surface area contributed by atoms with Crippen LogP contribution in [-0.2, 0) is 19.5 Å². The number of nitrogens with zero attached hydrogens (tertiary/aromatic N) is 4. The molecule has 2 N–H and O–H groups in total. The largest absolute Gasteiger partial charge is 0.459 e. The topological polar surface area (TPSA) is 80.3 Å². The molecule has 0 radical (unpaired) electrons. The van der Waals surface area contributed by atoms with Crippen LogP contribution >= 0.6 is 24.0 Å². The zero-order valence-corrected chi connectivity index (χ0v) is 19.2. The lowest BCUT2D eigenvalue weighted by molar-refractivity contribution is 0.392. The average molecular weight is 512 g/mol. The van der Waals surface area contributed by atoms with Crippen LogP contribution in [0.1, 0.15) is 36.3 Å². The molecule has 1 atom stereocenters. The van der Waals surface area contributed by atoms with Crippen molar-refractivity contribution in [2.45, 2.75) is 52.7 Å². The van der Waals surface area contributed by atoms with Crippen molar-refractivity contribution in [1.29, 1.82) is 0 Å². The van der Waals surface area contributed by atoms with E-state index >= 15 is 0 Å². The van der Waals surface area contributed by atoms with E-state index in [1.807, 2.05) is 25.5 Å². The molecule has 0 saturated heterocycles. The molecule has 9 heteroatoms. The van der Waals surface area contributed by atoms with Gasteiger partial charge < -0.3 is 15.1 Å². The fourth-order valence-electron chi connectivity index (χ4n) is 3.61. The van der Waals surface area contributed by atoms with Gasteiger partial charge in [-0.15, -0.1) is 24.0 Å². The number of benzene rings is 1. The lowest BCUT2D eigenvalue weighted by Crippen LogP contribution is -2.47. The maximum absolute atomic E-state index is 13.5. The Kier molecular flexibility index (Phi) is 6.76. The van der Waals surface area contributed by atoms with Crippen molar-refractivity contribution >= 4 is 40.9 Å². The first-order chi connectivity index (χ1) is 13.5. The lowest BCUT2D eigenvalue weighted by Gasteiger charge is -2.25. The number of hydrogen-bond donors (Lipinski definition) is 2. The van der Waals surface area contributed by atoms with Crippen molar-refractivity contribution in [2.24, 2.45) is 4.99 Å². The molecule has 4 rings (SSSR count). The highest BCUT2D eigenvalue weighted by molar-refractivity contribution is 14.0. The average Bonchev–Trinajstić information content (AvgIpc) is 3.19. The molecule has 1 aromatic carbocycles. The Morgan fingerprint density at radius 2 is 2.21 bits per heavy atom. The Bertz CT molecular complexity index is 1030. The third-order valence-corrected chi connectivity index (χ3v) is 5.03. The van der Waals surface area contributed by atoms with Gasteiger partial charge in [0.15, 0.2) is 5.96 Å². The Morgan fingerprint density at radius 3 is 3.00 bits per heavy atom. The number of aromatic nitrogens is 3. The molecule has 0 fully saturated rings. The second-order valence-corrected chi connectivity index (χ2v) is 7.12. The van der Waals surface area contributed by atoms with Crippen LogP contribution in [0.2, 0.25) is 0 Å². The standard InChI is InChI=1S/C20H25FN6O.HI/c1-4-22-20(25-15-6-8-19-24-13(3)26-27(19)11-15)23-10-18-12(2)16-9-14(21)5-7-17(16)28-18;/h5,7,9,15H,4,6,8,10-11H2,1-3H3,(H2,22,23,25);1H. The molecule has 1 aliphatic rings. The van der Waals surface area contributed by atoms with E-state index in [1.54, 1.807) is 6.07 Å². The summed E-state index contributed by atoms with van der Waals surface area (Å²) in [6.45, 7) is 7.80.